The first-order chi connectivity index (χ1) is 9.67. The molecule has 4 nitrogen and oxygen atoms in total. The normalized spacial score (nSPS) is 26.4. The first-order valence-electron chi connectivity index (χ1n) is 7.60. The second-order valence-corrected chi connectivity index (χ2v) is 6.41. The van der Waals surface area contributed by atoms with Gasteiger partial charge in [0.05, 0.1) is 17.9 Å². The van der Waals surface area contributed by atoms with Gasteiger partial charge >= 0.3 is 0 Å². The van der Waals surface area contributed by atoms with Crippen molar-refractivity contribution >= 4 is 0 Å². The summed E-state index contributed by atoms with van der Waals surface area (Å²) in [5.74, 6) is 0. The van der Waals surface area contributed by atoms with Crippen molar-refractivity contribution in [2.75, 3.05) is 33.8 Å². The molecule has 1 spiro atoms. The quantitative estimate of drug-likeness (QED) is 0.840. The summed E-state index contributed by atoms with van der Waals surface area (Å²) in [5, 5.41) is 0. The van der Waals surface area contributed by atoms with E-state index in [0.717, 1.165) is 39.1 Å². The number of hydrogen-bond acceptors (Lipinski definition) is 4. The third-order valence-corrected chi connectivity index (χ3v) is 4.80. The highest BCUT2D eigenvalue weighted by molar-refractivity contribution is 5.04. The summed E-state index contributed by atoms with van der Waals surface area (Å²) in [5.41, 5.74) is 1.32. The van der Waals surface area contributed by atoms with Gasteiger partial charge in [0.25, 0.3) is 0 Å². The summed E-state index contributed by atoms with van der Waals surface area (Å²) in [6.07, 6.45) is 5.38. The molecule has 0 bridgehead atoms. The Morgan fingerprint density at radius 1 is 1.35 bits per heavy atom. The maximum atomic E-state index is 6.17. The minimum Gasteiger partial charge on any atom is -0.373 e. The molecule has 1 aromatic rings. The fraction of sp³-hybridized carbons (Fsp3) is 0.688. The molecule has 110 valence electrons. The molecule has 2 fully saturated rings. The van der Waals surface area contributed by atoms with Gasteiger partial charge in [0.2, 0.25) is 0 Å². The lowest BCUT2D eigenvalue weighted by Gasteiger charge is -2.38. The van der Waals surface area contributed by atoms with Gasteiger partial charge in [0.1, 0.15) is 0 Å². The Morgan fingerprint density at radius 2 is 2.15 bits per heavy atom. The van der Waals surface area contributed by atoms with Crippen LogP contribution in [0.4, 0.5) is 0 Å². The van der Waals surface area contributed by atoms with Crippen LogP contribution < -0.4 is 0 Å². The SMILES string of the molecule is CN(C)[C@H]1COC2(CCN(Cc3ccccn3)CC2)C1. The molecule has 3 heterocycles. The Hall–Kier alpha value is -0.970. The molecule has 0 aliphatic carbocycles. The zero-order valence-electron chi connectivity index (χ0n) is 12.6. The second kappa shape index (κ2) is 5.80. The molecule has 2 aliphatic heterocycles. The van der Waals surface area contributed by atoms with E-state index >= 15 is 0 Å². The zero-order chi connectivity index (χ0) is 14.0. The van der Waals surface area contributed by atoms with Crippen LogP contribution in [0.1, 0.15) is 25.0 Å². The van der Waals surface area contributed by atoms with Crippen molar-refractivity contribution in [3.63, 3.8) is 0 Å². The van der Waals surface area contributed by atoms with E-state index in [4.69, 9.17) is 4.74 Å². The highest BCUT2D eigenvalue weighted by Crippen LogP contribution is 2.37. The molecule has 0 amide bonds. The van der Waals surface area contributed by atoms with Crippen molar-refractivity contribution in [1.29, 1.82) is 0 Å². The Kier molecular flexibility index (Phi) is 4.06. The predicted molar refractivity (Wildman–Crippen MR) is 79.5 cm³/mol. The van der Waals surface area contributed by atoms with E-state index < -0.39 is 0 Å². The van der Waals surface area contributed by atoms with E-state index in [9.17, 15) is 0 Å². The number of hydrogen-bond donors (Lipinski definition) is 0. The van der Waals surface area contributed by atoms with Crippen molar-refractivity contribution in [2.24, 2.45) is 0 Å². The first kappa shape index (κ1) is 14.0. The van der Waals surface area contributed by atoms with Crippen molar-refractivity contribution in [2.45, 2.75) is 37.5 Å². The predicted octanol–water partition coefficient (Wildman–Crippen LogP) is 1.77. The number of aromatic nitrogens is 1. The molecular weight excluding hydrogens is 250 g/mol. The summed E-state index contributed by atoms with van der Waals surface area (Å²) in [7, 11) is 4.31. The maximum absolute atomic E-state index is 6.17. The van der Waals surface area contributed by atoms with Gasteiger partial charge < -0.3 is 9.64 Å². The molecule has 4 heteroatoms. The van der Waals surface area contributed by atoms with E-state index in [1.165, 1.54) is 12.1 Å². The zero-order valence-corrected chi connectivity index (χ0v) is 12.6. The Labute approximate surface area is 121 Å². The molecular formula is C16H25N3O. The van der Waals surface area contributed by atoms with E-state index in [1.807, 2.05) is 12.3 Å². The van der Waals surface area contributed by atoms with Crippen LogP contribution in [0.5, 0.6) is 0 Å². The van der Waals surface area contributed by atoms with Crippen molar-refractivity contribution in [3.8, 4) is 0 Å². The van der Waals surface area contributed by atoms with Crippen LogP contribution in [0.25, 0.3) is 0 Å². The highest BCUT2D eigenvalue weighted by Gasteiger charge is 2.43. The van der Waals surface area contributed by atoms with Gasteiger partial charge in [-0.3, -0.25) is 9.88 Å². The summed E-state index contributed by atoms with van der Waals surface area (Å²) in [6.45, 7) is 4.11. The molecule has 0 radical (unpaired) electrons. The molecule has 0 aromatic carbocycles. The van der Waals surface area contributed by atoms with Gasteiger partial charge in [-0.25, -0.2) is 0 Å². The monoisotopic (exact) mass is 275 g/mol. The van der Waals surface area contributed by atoms with E-state index in [2.05, 4.69) is 41.0 Å². The van der Waals surface area contributed by atoms with Crippen LogP contribution in [0.3, 0.4) is 0 Å². The van der Waals surface area contributed by atoms with Crippen molar-refractivity contribution < 1.29 is 4.74 Å². The Bertz CT molecular complexity index is 427. The number of likely N-dealkylation sites (tertiary alicyclic amines) is 1. The van der Waals surface area contributed by atoms with Gasteiger partial charge in [0, 0.05) is 31.9 Å². The minimum absolute atomic E-state index is 0.148. The molecule has 1 aromatic heterocycles. The van der Waals surface area contributed by atoms with Gasteiger partial charge in [-0.05, 0) is 45.5 Å². The summed E-state index contributed by atoms with van der Waals surface area (Å²) in [6, 6.07) is 6.74. The average Bonchev–Trinajstić information content (AvgIpc) is 2.87. The van der Waals surface area contributed by atoms with Gasteiger partial charge in [-0.15, -0.1) is 0 Å². The van der Waals surface area contributed by atoms with Gasteiger partial charge in [-0.2, -0.15) is 0 Å². The molecule has 2 saturated heterocycles. The molecule has 1 atom stereocenters. The molecule has 2 aliphatic rings. The topological polar surface area (TPSA) is 28.6 Å². The van der Waals surface area contributed by atoms with Crippen LogP contribution in [-0.2, 0) is 11.3 Å². The van der Waals surface area contributed by atoms with E-state index in [-0.39, 0.29) is 5.60 Å². The smallest absolute Gasteiger partial charge is 0.0723 e. The number of nitrogens with zero attached hydrogens (tertiary/aromatic N) is 3. The van der Waals surface area contributed by atoms with Crippen molar-refractivity contribution in [1.82, 2.24) is 14.8 Å². The van der Waals surface area contributed by atoms with Crippen LogP contribution in [0.15, 0.2) is 24.4 Å². The molecule has 20 heavy (non-hydrogen) atoms. The largest absolute Gasteiger partial charge is 0.373 e. The molecule has 3 rings (SSSR count). The van der Waals surface area contributed by atoms with Crippen LogP contribution >= 0.6 is 0 Å². The summed E-state index contributed by atoms with van der Waals surface area (Å²) in [4.78, 5) is 9.22. The van der Waals surface area contributed by atoms with Crippen LogP contribution in [0.2, 0.25) is 0 Å². The second-order valence-electron chi connectivity index (χ2n) is 6.41. The van der Waals surface area contributed by atoms with Crippen LogP contribution in [-0.4, -0.2) is 60.2 Å². The highest BCUT2D eigenvalue weighted by atomic mass is 16.5. The lowest BCUT2D eigenvalue weighted by molar-refractivity contribution is -0.0453. The molecule has 0 N–H and O–H groups in total. The van der Waals surface area contributed by atoms with Gasteiger partial charge in [0.15, 0.2) is 0 Å². The fourth-order valence-corrected chi connectivity index (χ4v) is 3.34. The molecule has 0 unspecified atom stereocenters. The molecule has 0 saturated carbocycles. The number of pyridine rings is 1. The lowest BCUT2D eigenvalue weighted by Crippen LogP contribution is -2.44. The lowest BCUT2D eigenvalue weighted by atomic mass is 9.87. The number of ether oxygens (including phenoxy) is 1. The van der Waals surface area contributed by atoms with Crippen molar-refractivity contribution in [3.05, 3.63) is 30.1 Å². The Morgan fingerprint density at radius 3 is 2.75 bits per heavy atom. The number of rotatable bonds is 3. The van der Waals surface area contributed by atoms with Gasteiger partial charge in [-0.1, -0.05) is 6.07 Å². The number of piperidine rings is 1. The standard InChI is InChI=1S/C16H25N3O/c1-18(2)15-11-16(20-13-15)6-9-19(10-7-16)12-14-5-3-4-8-17-14/h3-5,8,15H,6-7,9-13H2,1-2H3/t15-/m1/s1. The van der Waals surface area contributed by atoms with E-state index in [1.54, 1.807) is 0 Å². The summed E-state index contributed by atoms with van der Waals surface area (Å²) < 4.78 is 6.17. The average molecular weight is 275 g/mol. The fourth-order valence-electron chi connectivity index (χ4n) is 3.34. The summed E-state index contributed by atoms with van der Waals surface area (Å²) >= 11 is 0. The maximum Gasteiger partial charge on any atom is 0.0723 e. The third kappa shape index (κ3) is 3.03. The first-order valence-corrected chi connectivity index (χ1v) is 7.60. The van der Waals surface area contributed by atoms with Crippen LogP contribution in [0, 0.1) is 0 Å². The third-order valence-electron chi connectivity index (χ3n) is 4.80. The van der Waals surface area contributed by atoms with E-state index in [0.29, 0.717) is 6.04 Å². The Balaban J connectivity index is 1.53. The number of likely N-dealkylation sites (N-methyl/N-ethyl adjacent to an activating group) is 1. The minimum atomic E-state index is 0.148.